The first kappa shape index (κ1) is 16.8. The first-order valence-corrected chi connectivity index (χ1v) is 8.41. The van der Waals surface area contributed by atoms with Crippen LogP contribution in [-0.4, -0.2) is 27.6 Å². The number of rotatable bonds is 6. The highest BCUT2D eigenvalue weighted by molar-refractivity contribution is 5.97. The topological polar surface area (TPSA) is 119 Å². The molecular weight excluding hydrogens is 352 g/mol. The lowest BCUT2D eigenvalue weighted by molar-refractivity contribution is -0.117. The number of hydrogen-bond acceptors (Lipinski definition) is 6. The summed E-state index contributed by atoms with van der Waals surface area (Å²) in [6, 6.07) is 10.1. The van der Waals surface area contributed by atoms with E-state index in [1.54, 1.807) is 36.4 Å². The van der Waals surface area contributed by atoms with E-state index >= 15 is 0 Å². The molecule has 2 heterocycles. The number of nitrogens with one attached hydrogen (secondary N) is 2. The number of furan rings is 1. The van der Waals surface area contributed by atoms with E-state index in [2.05, 4.69) is 15.7 Å². The fourth-order valence-electron chi connectivity index (χ4n) is 2.48. The van der Waals surface area contributed by atoms with Crippen LogP contribution in [0.1, 0.15) is 23.2 Å². The van der Waals surface area contributed by atoms with Crippen LogP contribution in [0.3, 0.4) is 0 Å². The van der Waals surface area contributed by atoms with Gasteiger partial charge in [-0.1, -0.05) is 6.07 Å². The van der Waals surface area contributed by atoms with Gasteiger partial charge in [0.15, 0.2) is 5.76 Å². The maximum atomic E-state index is 12.2. The number of carbonyl (C=O) groups is 2. The third kappa shape index (κ3) is 3.97. The average molecular weight is 368 g/mol. The summed E-state index contributed by atoms with van der Waals surface area (Å²) in [6.45, 7) is -0.332. The number of benzene rings is 1. The van der Waals surface area contributed by atoms with Crippen LogP contribution in [0.15, 0.2) is 56.3 Å². The van der Waals surface area contributed by atoms with E-state index in [-0.39, 0.29) is 24.4 Å². The number of aromatic nitrogens is 2. The molecule has 4 rings (SSSR count). The van der Waals surface area contributed by atoms with Crippen LogP contribution in [0.5, 0.6) is 0 Å². The van der Waals surface area contributed by atoms with Gasteiger partial charge in [-0.05, 0) is 43.2 Å². The summed E-state index contributed by atoms with van der Waals surface area (Å²) < 4.78 is 11.0. The highest BCUT2D eigenvalue weighted by Crippen LogP contribution is 2.20. The van der Waals surface area contributed by atoms with Crippen molar-refractivity contribution in [1.29, 1.82) is 0 Å². The molecule has 2 aromatic heterocycles. The molecule has 2 amide bonds. The molecule has 1 aliphatic rings. The molecule has 2 N–H and O–H groups in total. The van der Waals surface area contributed by atoms with E-state index in [1.165, 1.54) is 6.26 Å². The van der Waals surface area contributed by atoms with E-state index in [0.29, 0.717) is 17.0 Å². The minimum atomic E-state index is -0.769. The van der Waals surface area contributed by atoms with Crippen molar-refractivity contribution in [3.8, 4) is 11.7 Å². The highest BCUT2D eigenvalue weighted by Gasteiger charge is 2.24. The molecule has 138 valence electrons. The number of nitrogens with zero attached hydrogens (tertiary/aromatic N) is 2. The molecule has 9 nitrogen and oxygen atoms in total. The van der Waals surface area contributed by atoms with Gasteiger partial charge in [-0.2, -0.15) is 4.68 Å². The van der Waals surface area contributed by atoms with Gasteiger partial charge in [0.1, 0.15) is 6.54 Å². The molecule has 0 saturated heterocycles. The molecule has 0 spiro atoms. The first-order chi connectivity index (χ1) is 13.1. The second-order valence-corrected chi connectivity index (χ2v) is 6.18. The zero-order valence-electron chi connectivity index (χ0n) is 14.2. The predicted molar refractivity (Wildman–Crippen MR) is 94.0 cm³/mol. The molecule has 0 atom stereocenters. The third-order valence-electron chi connectivity index (χ3n) is 3.95. The fraction of sp³-hybridized carbons (Fsp3) is 0.222. The van der Waals surface area contributed by atoms with Gasteiger partial charge in [0.2, 0.25) is 5.91 Å². The van der Waals surface area contributed by atoms with Gasteiger partial charge in [-0.15, -0.1) is 5.10 Å². The SMILES string of the molecule is O=C(Cn1nc(-c2ccco2)oc1=O)Nc1cccc(C(=O)NC2CC2)c1. The molecule has 9 heteroatoms. The van der Waals surface area contributed by atoms with Gasteiger partial charge >= 0.3 is 5.76 Å². The Labute approximate surface area is 153 Å². The van der Waals surface area contributed by atoms with Gasteiger partial charge < -0.3 is 19.5 Å². The van der Waals surface area contributed by atoms with Crippen LogP contribution in [0, 0.1) is 0 Å². The molecule has 1 saturated carbocycles. The van der Waals surface area contributed by atoms with Crippen molar-refractivity contribution in [2.75, 3.05) is 5.32 Å². The number of hydrogen-bond donors (Lipinski definition) is 2. The van der Waals surface area contributed by atoms with E-state index in [1.807, 2.05) is 0 Å². The van der Waals surface area contributed by atoms with Crippen LogP contribution < -0.4 is 16.4 Å². The normalized spacial score (nSPS) is 13.3. The summed E-state index contributed by atoms with van der Waals surface area (Å²) in [5.41, 5.74) is 0.907. The average Bonchev–Trinajstić information content (AvgIpc) is 3.15. The van der Waals surface area contributed by atoms with Gasteiger partial charge in [0, 0.05) is 17.3 Å². The van der Waals surface area contributed by atoms with Crippen LogP contribution in [0.25, 0.3) is 11.7 Å². The Morgan fingerprint density at radius 2 is 2.07 bits per heavy atom. The van der Waals surface area contributed by atoms with E-state index in [0.717, 1.165) is 17.5 Å². The molecule has 0 aliphatic heterocycles. The standard InChI is InChI=1S/C18H16N4O5/c23-15(10-22-18(25)27-17(21-22)14-5-2-8-26-14)19-13-4-1-3-11(9-13)16(24)20-12-6-7-12/h1-5,8-9,12H,6-7,10H2,(H,19,23)(H,20,24). The van der Waals surface area contributed by atoms with Crippen molar-refractivity contribution < 1.29 is 18.4 Å². The Balaban J connectivity index is 1.42. The quantitative estimate of drug-likeness (QED) is 0.682. The monoisotopic (exact) mass is 368 g/mol. The van der Waals surface area contributed by atoms with E-state index in [9.17, 15) is 14.4 Å². The van der Waals surface area contributed by atoms with Crippen LogP contribution in [0.4, 0.5) is 5.69 Å². The smallest absolute Gasteiger partial charge is 0.437 e. The first-order valence-electron chi connectivity index (χ1n) is 8.41. The minimum absolute atomic E-state index is 0.00320. The second-order valence-electron chi connectivity index (χ2n) is 6.18. The van der Waals surface area contributed by atoms with Gasteiger partial charge in [0.05, 0.1) is 6.26 Å². The molecular formula is C18H16N4O5. The Morgan fingerprint density at radius 1 is 1.22 bits per heavy atom. The Morgan fingerprint density at radius 3 is 2.81 bits per heavy atom. The molecule has 0 unspecified atom stereocenters. The lowest BCUT2D eigenvalue weighted by Gasteiger charge is -2.07. The Bertz CT molecular complexity index is 1030. The minimum Gasteiger partial charge on any atom is -0.459 e. The fourth-order valence-corrected chi connectivity index (χ4v) is 2.48. The summed E-state index contributed by atoms with van der Waals surface area (Å²) in [7, 11) is 0. The Kier molecular flexibility index (Phi) is 4.33. The number of carbonyl (C=O) groups excluding carboxylic acids is 2. The molecule has 1 aliphatic carbocycles. The van der Waals surface area contributed by atoms with Gasteiger partial charge in [-0.25, -0.2) is 4.79 Å². The van der Waals surface area contributed by atoms with E-state index < -0.39 is 11.7 Å². The van der Waals surface area contributed by atoms with Crippen LogP contribution in [-0.2, 0) is 11.3 Å². The summed E-state index contributed by atoms with van der Waals surface area (Å²) in [6.07, 6.45) is 3.41. The zero-order valence-corrected chi connectivity index (χ0v) is 14.2. The molecule has 1 aromatic carbocycles. The predicted octanol–water partition coefficient (Wildman–Crippen LogP) is 1.63. The Hall–Kier alpha value is -3.62. The van der Waals surface area contributed by atoms with Crippen molar-refractivity contribution >= 4 is 17.5 Å². The summed E-state index contributed by atoms with van der Waals surface area (Å²) in [4.78, 5) is 36.1. The molecule has 3 aromatic rings. The van der Waals surface area contributed by atoms with Crippen LogP contribution >= 0.6 is 0 Å². The van der Waals surface area contributed by atoms with Crippen LogP contribution in [0.2, 0.25) is 0 Å². The maximum Gasteiger partial charge on any atom is 0.437 e. The second kappa shape index (κ2) is 6.94. The largest absolute Gasteiger partial charge is 0.459 e. The molecule has 0 bridgehead atoms. The van der Waals surface area contributed by atoms with Gasteiger partial charge in [0.25, 0.3) is 11.8 Å². The van der Waals surface area contributed by atoms with Crippen molar-refractivity contribution in [2.45, 2.75) is 25.4 Å². The zero-order chi connectivity index (χ0) is 18.8. The van der Waals surface area contributed by atoms with E-state index in [4.69, 9.17) is 8.83 Å². The number of anilines is 1. The van der Waals surface area contributed by atoms with Crippen molar-refractivity contribution in [1.82, 2.24) is 15.1 Å². The number of amides is 2. The third-order valence-corrected chi connectivity index (χ3v) is 3.95. The lowest BCUT2D eigenvalue weighted by Crippen LogP contribution is -2.27. The summed E-state index contributed by atoms with van der Waals surface area (Å²) in [5.74, 6) is -1.13. The lowest BCUT2D eigenvalue weighted by atomic mass is 10.2. The molecule has 1 fully saturated rings. The summed E-state index contributed by atoms with van der Waals surface area (Å²) in [5, 5.41) is 9.47. The molecule has 0 radical (unpaired) electrons. The van der Waals surface area contributed by atoms with Gasteiger partial charge in [-0.3, -0.25) is 9.59 Å². The van der Waals surface area contributed by atoms with Crippen molar-refractivity contribution in [3.63, 3.8) is 0 Å². The molecule has 27 heavy (non-hydrogen) atoms. The van der Waals surface area contributed by atoms with Crippen molar-refractivity contribution in [3.05, 3.63) is 58.8 Å². The van der Waals surface area contributed by atoms with Crippen molar-refractivity contribution in [2.24, 2.45) is 0 Å². The summed E-state index contributed by atoms with van der Waals surface area (Å²) >= 11 is 0. The maximum absolute atomic E-state index is 12.2. The highest BCUT2D eigenvalue weighted by atomic mass is 16.4.